The van der Waals surface area contributed by atoms with Crippen LogP contribution in [-0.2, 0) is 0 Å². The second kappa shape index (κ2) is 6.60. The zero-order valence-electron chi connectivity index (χ0n) is 15.6. The molecule has 0 spiro atoms. The van der Waals surface area contributed by atoms with Crippen LogP contribution < -0.4 is 5.73 Å². The van der Waals surface area contributed by atoms with Crippen molar-refractivity contribution in [3.05, 3.63) is 71.7 Å². The Morgan fingerprint density at radius 3 is 2.79 bits per heavy atom. The van der Waals surface area contributed by atoms with Crippen molar-refractivity contribution in [3.8, 4) is 0 Å². The minimum atomic E-state index is -0.351. The number of carbonyl (C=O) groups excluding carboxylic acids is 1. The number of halogens is 1. The molecule has 0 radical (unpaired) electrons. The Morgan fingerprint density at radius 2 is 1.96 bits per heavy atom. The van der Waals surface area contributed by atoms with E-state index < -0.39 is 0 Å². The molecule has 1 fully saturated rings. The molecule has 28 heavy (non-hydrogen) atoms. The van der Waals surface area contributed by atoms with Crippen LogP contribution in [0, 0.1) is 5.82 Å². The van der Waals surface area contributed by atoms with E-state index in [2.05, 4.69) is 11.0 Å². The van der Waals surface area contributed by atoms with E-state index in [-0.39, 0.29) is 11.7 Å². The van der Waals surface area contributed by atoms with Gasteiger partial charge in [-0.3, -0.25) is 14.3 Å². The van der Waals surface area contributed by atoms with Crippen molar-refractivity contribution in [1.82, 2.24) is 9.47 Å². The first-order valence-corrected chi connectivity index (χ1v) is 9.74. The average Bonchev–Trinajstić information content (AvgIpc) is 3.31. The first-order valence-electron chi connectivity index (χ1n) is 9.74. The Bertz CT molecular complexity index is 1100. The van der Waals surface area contributed by atoms with Gasteiger partial charge in [-0.05, 0) is 73.8 Å². The fourth-order valence-electron chi connectivity index (χ4n) is 4.55. The molecule has 5 heteroatoms. The fraction of sp³-hybridized carbons (Fsp3) is 0.261. The van der Waals surface area contributed by atoms with Crippen molar-refractivity contribution in [2.24, 2.45) is 0 Å². The van der Waals surface area contributed by atoms with Gasteiger partial charge in [0.2, 0.25) is 0 Å². The normalized spacial score (nSPS) is 19.6. The Labute approximate surface area is 163 Å². The summed E-state index contributed by atoms with van der Waals surface area (Å²) in [5.41, 5.74) is 10.4. The highest BCUT2D eigenvalue weighted by molar-refractivity contribution is 6.06. The number of hydrogen-bond acceptors (Lipinski definition) is 3. The van der Waals surface area contributed by atoms with Crippen LogP contribution in [-0.4, -0.2) is 34.5 Å². The topological polar surface area (TPSA) is 51.3 Å². The van der Waals surface area contributed by atoms with Crippen molar-refractivity contribution in [2.75, 3.05) is 18.8 Å². The van der Waals surface area contributed by atoms with Crippen LogP contribution in [0.3, 0.4) is 0 Å². The van der Waals surface area contributed by atoms with Gasteiger partial charge in [-0.25, -0.2) is 4.39 Å². The highest BCUT2D eigenvalue weighted by Crippen LogP contribution is 2.37. The molecule has 0 saturated carbocycles. The predicted molar refractivity (Wildman–Crippen MR) is 110 cm³/mol. The Morgan fingerprint density at radius 1 is 1.14 bits per heavy atom. The number of hydrogen-bond donors (Lipinski definition) is 1. The van der Waals surface area contributed by atoms with Crippen LogP contribution in [0.2, 0.25) is 0 Å². The molecule has 5 rings (SSSR count). The Balaban J connectivity index is 1.61. The number of nitrogens with two attached hydrogens (primary N) is 1. The van der Waals surface area contributed by atoms with E-state index in [1.165, 1.54) is 49.2 Å². The number of nitrogens with zero attached hydrogens (tertiary/aromatic N) is 2. The minimum absolute atomic E-state index is 0.167. The van der Waals surface area contributed by atoms with Crippen molar-refractivity contribution in [3.63, 3.8) is 0 Å². The summed E-state index contributed by atoms with van der Waals surface area (Å²) >= 11 is 0. The molecule has 3 heterocycles. The third-order valence-corrected chi connectivity index (χ3v) is 6.01. The summed E-state index contributed by atoms with van der Waals surface area (Å²) in [4.78, 5) is 15.6. The van der Waals surface area contributed by atoms with Crippen molar-refractivity contribution in [1.29, 1.82) is 0 Å². The van der Waals surface area contributed by atoms with Gasteiger partial charge in [-0.15, -0.1) is 0 Å². The smallest absolute Gasteiger partial charge is 0.262 e. The van der Waals surface area contributed by atoms with Crippen LogP contribution in [0.25, 0.3) is 16.5 Å². The summed E-state index contributed by atoms with van der Waals surface area (Å²) in [5, 5.41) is 0.994. The van der Waals surface area contributed by atoms with Gasteiger partial charge in [-0.2, -0.15) is 0 Å². The second-order valence-corrected chi connectivity index (χ2v) is 7.73. The third kappa shape index (κ3) is 2.83. The van der Waals surface area contributed by atoms with Gasteiger partial charge in [0.15, 0.2) is 0 Å². The lowest BCUT2D eigenvalue weighted by atomic mass is 9.94. The summed E-state index contributed by atoms with van der Waals surface area (Å²) in [6, 6.07) is 11.9. The van der Waals surface area contributed by atoms with E-state index in [4.69, 9.17) is 5.73 Å². The number of aromatic nitrogens is 1. The monoisotopic (exact) mass is 375 g/mol. The summed E-state index contributed by atoms with van der Waals surface area (Å²) in [6.07, 6.45) is 7.69. The fourth-order valence-corrected chi connectivity index (χ4v) is 4.55. The maximum Gasteiger partial charge on any atom is 0.262 e. The van der Waals surface area contributed by atoms with Crippen LogP contribution in [0.5, 0.6) is 0 Å². The first-order chi connectivity index (χ1) is 13.6. The summed E-state index contributed by atoms with van der Waals surface area (Å²) in [5.74, 6) is -0.518. The molecule has 2 aliphatic heterocycles. The lowest BCUT2D eigenvalue weighted by molar-refractivity contribution is 0.0965. The third-order valence-electron chi connectivity index (χ3n) is 6.01. The van der Waals surface area contributed by atoms with Gasteiger partial charge in [0.25, 0.3) is 5.91 Å². The molecule has 4 nitrogen and oxygen atoms in total. The van der Waals surface area contributed by atoms with E-state index in [9.17, 15) is 9.18 Å². The molecule has 0 aliphatic carbocycles. The van der Waals surface area contributed by atoms with Crippen molar-refractivity contribution in [2.45, 2.75) is 25.3 Å². The largest absolute Gasteiger partial charge is 0.399 e. The van der Waals surface area contributed by atoms with E-state index in [0.29, 0.717) is 17.3 Å². The molecule has 0 amide bonds. The molecule has 2 aliphatic rings. The SMILES string of the molecule is Nc1ccc2c(c1)c(C1=CCN3CCCC3C1)cn2C(=O)c1ccc(F)cc1. The van der Waals surface area contributed by atoms with Gasteiger partial charge >= 0.3 is 0 Å². The number of nitrogen functional groups attached to an aromatic ring is 1. The highest BCUT2D eigenvalue weighted by atomic mass is 19.1. The number of rotatable bonds is 2. The lowest BCUT2D eigenvalue weighted by Gasteiger charge is -2.29. The quantitative estimate of drug-likeness (QED) is 0.680. The Hall–Kier alpha value is -2.92. The molecule has 2 N–H and O–H groups in total. The summed E-state index contributed by atoms with van der Waals surface area (Å²) < 4.78 is 14.9. The molecule has 142 valence electrons. The van der Waals surface area contributed by atoms with E-state index in [1.807, 2.05) is 24.4 Å². The van der Waals surface area contributed by atoms with Crippen molar-refractivity contribution < 1.29 is 9.18 Å². The predicted octanol–water partition coefficient (Wildman–Crippen LogP) is 4.30. The van der Waals surface area contributed by atoms with Gasteiger partial charge in [-0.1, -0.05) is 6.08 Å². The van der Waals surface area contributed by atoms with Crippen LogP contribution >= 0.6 is 0 Å². The summed E-state index contributed by atoms with van der Waals surface area (Å²) in [7, 11) is 0. The lowest BCUT2D eigenvalue weighted by Crippen LogP contribution is -2.32. The molecule has 0 bridgehead atoms. The first kappa shape index (κ1) is 17.2. The van der Waals surface area contributed by atoms with Gasteiger partial charge in [0, 0.05) is 41.0 Å². The van der Waals surface area contributed by atoms with Gasteiger partial charge in [0.1, 0.15) is 5.82 Å². The second-order valence-electron chi connectivity index (χ2n) is 7.73. The molecule has 1 aromatic heterocycles. The highest BCUT2D eigenvalue weighted by Gasteiger charge is 2.29. The zero-order chi connectivity index (χ0) is 19.3. The average molecular weight is 375 g/mol. The summed E-state index contributed by atoms with van der Waals surface area (Å²) in [6.45, 7) is 2.13. The number of benzene rings is 2. The van der Waals surface area contributed by atoms with E-state index in [0.717, 1.165) is 29.4 Å². The Kier molecular flexibility index (Phi) is 4.05. The molecule has 2 aromatic carbocycles. The van der Waals surface area contributed by atoms with E-state index in [1.54, 1.807) is 4.57 Å². The molecule has 3 aromatic rings. The number of carbonyl (C=O) groups is 1. The van der Waals surface area contributed by atoms with Crippen LogP contribution in [0.15, 0.2) is 54.7 Å². The zero-order valence-corrected chi connectivity index (χ0v) is 15.6. The minimum Gasteiger partial charge on any atom is -0.399 e. The molecular weight excluding hydrogens is 353 g/mol. The van der Waals surface area contributed by atoms with Gasteiger partial charge in [0.05, 0.1) is 5.52 Å². The molecular formula is C23H22FN3O. The maximum atomic E-state index is 13.3. The van der Waals surface area contributed by atoms with Crippen LogP contribution in [0.4, 0.5) is 10.1 Å². The number of anilines is 1. The standard InChI is InChI=1S/C23H22FN3O/c24-17-5-3-15(4-6-17)23(28)27-14-21(20-13-18(25)7-8-22(20)27)16-9-11-26-10-1-2-19(26)12-16/h3-9,13-14,19H,1-2,10-12,25H2. The van der Waals surface area contributed by atoms with Crippen molar-refractivity contribution >= 4 is 28.1 Å². The molecule has 1 unspecified atom stereocenters. The number of fused-ring (bicyclic) bond motifs is 2. The van der Waals surface area contributed by atoms with E-state index >= 15 is 0 Å². The van der Waals surface area contributed by atoms with Crippen LogP contribution in [0.1, 0.15) is 35.2 Å². The molecule has 1 atom stereocenters. The molecule has 1 saturated heterocycles. The van der Waals surface area contributed by atoms with Gasteiger partial charge < -0.3 is 5.73 Å². The maximum absolute atomic E-state index is 13.3.